The number of rotatable bonds is 8. The van der Waals surface area contributed by atoms with Crippen molar-refractivity contribution in [3.05, 3.63) is 48.0 Å². The fraction of sp³-hybridized carbons (Fsp3) is 0.438. The summed E-state index contributed by atoms with van der Waals surface area (Å²) in [5, 5.41) is 0. The van der Waals surface area contributed by atoms with Crippen molar-refractivity contribution in [1.82, 2.24) is 0 Å². The topological polar surface area (TPSA) is 17.1 Å². The normalized spacial score (nSPS) is 12.8. The summed E-state index contributed by atoms with van der Waals surface area (Å²) in [5.41, 5.74) is 0.801. The van der Waals surface area contributed by atoms with Crippen molar-refractivity contribution in [2.24, 2.45) is 5.92 Å². The Morgan fingerprint density at radius 3 is 2.61 bits per heavy atom. The van der Waals surface area contributed by atoms with Gasteiger partial charge in [0.05, 0.1) is 0 Å². The second-order valence-electron chi connectivity index (χ2n) is 4.36. The molecule has 0 N–H and O–H groups in total. The van der Waals surface area contributed by atoms with E-state index in [9.17, 15) is 4.79 Å². The van der Waals surface area contributed by atoms with Gasteiger partial charge in [-0.1, -0.05) is 49.4 Å². The van der Waals surface area contributed by atoms with Crippen LogP contribution < -0.4 is 0 Å². The Hall–Kier alpha value is -1.08. The van der Waals surface area contributed by atoms with Crippen LogP contribution >= 0.6 is 11.6 Å². The predicted molar refractivity (Wildman–Crippen MR) is 78.3 cm³/mol. The van der Waals surface area contributed by atoms with E-state index >= 15 is 0 Å². The van der Waals surface area contributed by atoms with Gasteiger partial charge in [-0.3, -0.25) is 4.79 Å². The number of alkyl halides is 1. The molecule has 1 aromatic carbocycles. The van der Waals surface area contributed by atoms with Crippen molar-refractivity contribution >= 4 is 17.4 Å². The number of Topliss-reactive ketones (excluding diaryl/α,β-unsaturated/α-hetero) is 1. The molecular formula is C16H21ClO. The lowest BCUT2D eigenvalue weighted by molar-refractivity contribution is 0.0942. The molecule has 0 unspecified atom stereocenters. The van der Waals surface area contributed by atoms with Crippen molar-refractivity contribution in [1.29, 1.82) is 0 Å². The van der Waals surface area contributed by atoms with Crippen molar-refractivity contribution < 1.29 is 4.79 Å². The highest BCUT2D eigenvalue weighted by atomic mass is 35.5. The second-order valence-corrected chi connectivity index (χ2v) is 4.74. The molecule has 1 rings (SSSR count). The van der Waals surface area contributed by atoms with Gasteiger partial charge in [-0.2, -0.15) is 0 Å². The molecule has 0 heterocycles. The molecule has 0 amide bonds. The number of allylic oxidation sites excluding steroid dienone is 2. The molecular weight excluding hydrogens is 244 g/mol. The molecule has 0 aromatic heterocycles. The van der Waals surface area contributed by atoms with E-state index in [1.807, 2.05) is 36.4 Å². The van der Waals surface area contributed by atoms with Crippen LogP contribution in [0.4, 0.5) is 0 Å². The Labute approximate surface area is 115 Å². The first kappa shape index (κ1) is 15.0. The minimum atomic E-state index is 0.00315. The molecule has 0 radical (unpaired) electrons. The average Bonchev–Trinajstić information content (AvgIpc) is 2.43. The van der Waals surface area contributed by atoms with Crippen molar-refractivity contribution in [2.75, 3.05) is 5.88 Å². The third-order valence-electron chi connectivity index (χ3n) is 2.96. The van der Waals surface area contributed by atoms with Crippen LogP contribution in [0.25, 0.3) is 0 Å². The van der Waals surface area contributed by atoms with Gasteiger partial charge in [0.25, 0.3) is 0 Å². The van der Waals surface area contributed by atoms with E-state index in [-0.39, 0.29) is 11.7 Å². The highest BCUT2D eigenvalue weighted by molar-refractivity contribution is 6.17. The molecule has 1 nitrogen and oxygen atoms in total. The fourth-order valence-corrected chi connectivity index (χ4v) is 2.03. The summed E-state index contributed by atoms with van der Waals surface area (Å²) in [6.45, 7) is 2.05. The van der Waals surface area contributed by atoms with Crippen LogP contribution in [-0.4, -0.2) is 11.7 Å². The second kappa shape index (κ2) is 8.93. The zero-order chi connectivity index (χ0) is 13.2. The van der Waals surface area contributed by atoms with Gasteiger partial charge in [0, 0.05) is 17.4 Å². The molecule has 2 heteroatoms. The number of halogens is 1. The standard InChI is InChI=1S/C16H21ClO/c1-2-14(10-6-3-4-9-13-17)16(18)15-11-7-5-8-12-15/h5-8,10-12,14H,2-4,9,13H2,1H3/b10-6+/t14-/m0/s1. The quantitative estimate of drug-likeness (QED) is 0.284. The lowest BCUT2D eigenvalue weighted by atomic mass is 9.94. The van der Waals surface area contributed by atoms with Gasteiger partial charge in [-0.15, -0.1) is 11.6 Å². The maximum absolute atomic E-state index is 12.2. The predicted octanol–water partition coefficient (Wildman–Crippen LogP) is 4.86. The molecule has 98 valence electrons. The SMILES string of the molecule is CC[C@@H](/C=C/CCCCCl)C(=O)c1ccccc1. The monoisotopic (exact) mass is 264 g/mol. The number of carbonyl (C=O) groups is 1. The molecule has 0 bridgehead atoms. The number of hydrogen-bond acceptors (Lipinski definition) is 1. The summed E-state index contributed by atoms with van der Waals surface area (Å²) in [6.07, 6.45) is 8.14. The molecule has 0 fully saturated rings. The first-order valence-electron chi connectivity index (χ1n) is 6.61. The summed E-state index contributed by atoms with van der Waals surface area (Å²) in [6, 6.07) is 9.51. The van der Waals surface area contributed by atoms with Crippen LogP contribution in [0.5, 0.6) is 0 Å². The van der Waals surface area contributed by atoms with Crippen LogP contribution in [-0.2, 0) is 0 Å². The number of unbranched alkanes of at least 4 members (excludes halogenated alkanes) is 2. The summed E-state index contributed by atoms with van der Waals surface area (Å²) >= 11 is 5.62. The highest BCUT2D eigenvalue weighted by Gasteiger charge is 2.14. The minimum Gasteiger partial charge on any atom is -0.294 e. The molecule has 0 aliphatic carbocycles. The molecule has 0 aliphatic rings. The minimum absolute atomic E-state index is 0.00315. The summed E-state index contributed by atoms with van der Waals surface area (Å²) in [4.78, 5) is 12.2. The van der Waals surface area contributed by atoms with Gasteiger partial charge < -0.3 is 0 Å². The molecule has 0 aliphatic heterocycles. The first-order chi connectivity index (χ1) is 8.79. The van der Waals surface area contributed by atoms with Crippen LogP contribution in [0, 0.1) is 5.92 Å². The molecule has 18 heavy (non-hydrogen) atoms. The Bertz CT molecular complexity index is 370. The first-order valence-corrected chi connectivity index (χ1v) is 7.15. The molecule has 0 spiro atoms. The van der Waals surface area contributed by atoms with Gasteiger partial charge in [-0.05, 0) is 25.7 Å². The summed E-state index contributed by atoms with van der Waals surface area (Å²) < 4.78 is 0. The van der Waals surface area contributed by atoms with Crippen LogP contribution in [0.15, 0.2) is 42.5 Å². The smallest absolute Gasteiger partial charge is 0.169 e. The van der Waals surface area contributed by atoms with Crippen LogP contribution in [0.3, 0.4) is 0 Å². The third-order valence-corrected chi connectivity index (χ3v) is 3.22. The fourth-order valence-electron chi connectivity index (χ4n) is 1.84. The van der Waals surface area contributed by atoms with Crippen molar-refractivity contribution in [2.45, 2.75) is 32.6 Å². The van der Waals surface area contributed by atoms with E-state index in [0.717, 1.165) is 31.2 Å². The Balaban J connectivity index is 2.53. The van der Waals surface area contributed by atoms with Crippen molar-refractivity contribution in [3.63, 3.8) is 0 Å². The Kier molecular flexibility index (Phi) is 7.43. The lowest BCUT2D eigenvalue weighted by Gasteiger charge is -2.08. The molecule has 0 saturated heterocycles. The number of carbonyl (C=O) groups excluding carboxylic acids is 1. The third kappa shape index (κ3) is 5.05. The zero-order valence-electron chi connectivity index (χ0n) is 10.9. The lowest BCUT2D eigenvalue weighted by Crippen LogP contribution is -2.11. The van der Waals surface area contributed by atoms with E-state index < -0.39 is 0 Å². The Morgan fingerprint density at radius 1 is 1.28 bits per heavy atom. The zero-order valence-corrected chi connectivity index (χ0v) is 11.7. The van der Waals surface area contributed by atoms with E-state index in [2.05, 4.69) is 13.0 Å². The maximum Gasteiger partial charge on any atom is 0.169 e. The number of hydrogen-bond donors (Lipinski definition) is 0. The number of benzene rings is 1. The van der Waals surface area contributed by atoms with Gasteiger partial charge >= 0.3 is 0 Å². The van der Waals surface area contributed by atoms with Crippen LogP contribution in [0.2, 0.25) is 0 Å². The van der Waals surface area contributed by atoms with E-state index in [0.29, 0.717) is 5.88 Å². The van der Waals surface area contributed by atoms with Gasteiger partial charge in [0.2, 0.25) is 0 Å². The highest BCUT2D eigenvalue weighted by Crippen LogP contribution is 2.14. The van der Waals surface area contributed by atoms with Gasteiger partial charge in [0.1, 0.15) is 0 Å². The maximum atomic E-state index is 12.2. The average molecular weight is 265 g/mol. The van der Waals surface area contributed by atoms with E-state index in [1.165, 1.54) is 0 Å². The van der Waals surface area contributed by atoms with Gasteiger partial charge in [-0.25, -0.2) is 0 Å². The van der Waals surface area contributed by atoms with E-state index in [4.69, 9.17) is 11.6 Å². The Morgan fingerprint density at radius 2 is 2.00 bits per heavy atom. The number of ketones is 1. The summed E-state index contributed by atoms with van der Waals surface area (Å²) in [7, 11) is 0. The van der Waals surface area contributed by atoms with Gasteiger partial charge in [0.15, 0.2) is 5.78 Å². The molecule has 1 atom stereocenters. The van der Waals surface area contributed by atoms with Crippen molar-refractivity contribution in [3.8, 4) is 0 Å². The van der Waals surface area contributed by atoms with Crippen LogP contribution in [0.1, 0.15) is 43.0 Å². The molecule has 0 saturated carbocycles. The summed E-state index contributed by atoms with van der Waals surface area (Å²) in [5.74, 6) is 0.934. The van der Waals surface area contributed by atoms with E-state index in [1.54, 1.807) is 0 Å². The molecule has 1 aromatic rings. The largest absolute Gasteiger partial charge is 0.294 e.